The van der Waals surface area contributed by atoms with Gasteiger partial charge in [0.1, 0.15) is 6.61 Å². The normalized spacial score (nSPS) is 19.3. The maximum absolute atomic E-state index is 12.8. The van der Waals surface area contributed by atoms with Crippen LogP contribution in [0.5, 0.6) is 23.0 Å². The number of halogens is 1. The third-order valence-electron chi connectivity index (χ3n) is 5.55. The molecule has 0 radical (unpaired) electrons. The Morgan fingerprint density at radius 2 is 1.69 bits per heavy atom. The van der Waals surface area contributed by atoms with Crippen LogP contribution in [-0.2, 0) is 9.59 Å². The van der Waals surface area contributed by atoms with Crippen molar-refractivity contribution in [1.82, 2.24) is 9.80 Å². The first kappa shape index (κ1) is 20.5. The van der Waals surface area contributed by atoms with Gasteiger partial charge in [-0.05, 0) is 35.9 Å². The molecule has 0 bridgehead atoms. The highest BCUT2D eigenvalue weighted by atomic mass is 35.5. The van der Waals surface area contributed by atoms with Crippen molar-refractivity contribution in [2.45, 2.75) is 6.10 Å². The molecule has 5 rings (SSSR count). The van der Waals surface area contributed by atoms with Crippen LogP contribution in [0.3, 0.4) is 0 Å². The number of hydrogen-bond acceptors (Lipinski definition) is 6. The lowest BCUT2D eigenvalue weighted by atomic mass is 10.1. The Morgan fingerprint density at radius 3 is 2.50 bits per heavy atom. The molecule has 1 unspecified atom stereocenters. The van der Waals surface area contributed by atoms with Crippen molar-refractivity contribution in [1.29, 1.82) is 0 Å². The fourth-order valence-corrected chi connectivity index (χ4v) is 4.12. The van der Waals surface area contributed by atoms with Gasteiger partial charge in [0, 0.05) is 32.3 Å². The van der Waals surface area contributed by atoms with Gasteiger partial charge in [-0.3, -0.25) is 9.59 Å². The molecule has 0 saturated carbocycles. The predicted octanol–water partition coefficient (Wildman–Crippen LogP) is 2.59. The van der Waals surface area contributed by atoms with Crippen LogP contribution in [0, 0.1) is 0 Å². The van der Waals surface area contributed by atoms with Crippen molar-refractivity contribution in [3.05, 3.63) is 53.1 Å². The molecular weight excluding hydrogens is 436 g/mol. The van der Waals surface area contributed by atoms with Gasteiger partial charge in [0.2, 0.25) is 18.8 Å². The molecule has 0 N–H and O–H groups in total. The number of nitrogens with zero attached hydrogens (tertiary/aromatic N) is 2. The van der Waals surface area contributed by atoms with E-state index in [1.54, 1.807) is 34.1 Å². The van der Waals surface area contributed by atoms with E-state index in [0.29, 0.717) is 54.2 Å². The van der Waals surface area contributed by atoms with Crippen LogP contribution >= 0.6 is 11.6 Å². The molecule has 3 aliphatic rings. The zero-order chi connectivity index (χ0) is 22.1. The topological polar surface area (TPSA) is 77.5 Å². The van der Waals surface area contributed by atoms with E-state index in [1.165, 1.54) is 6.08 Å². The van der Waals surface area contributed by atoms with Gasteiger partial charge in [-0.25, -0.2) is 0 Å². The number of ether oxygens (including phenoxy) is 4. The maximum atomic E-state index is 12.8. The zero-order valence-corrected chi connectivity index (χ0v) is 17.9. The van der Waals surface area contributed by atoms with Crippen LogP contribution in [0.1, 0.15) is 5.56 Å². The minimum atomic E-state index is -0.678. The highest BCUT2D eigenvalue weighted by Crippen LogP contribution is 2.40. The predicted molar refractivity (Wildman–Crippen MR) is 116 cm³/mol. The quantitative estimate of drug-likeness (QED) is 0.661. The summed E-state index contributed by atoms with van der Waals surface area (Å²) < 4.78 is 22.1. The molecule has 0 aliphatic carbocycles. The number of benzene rings is 2. The van der Waals surface area contributed by atoms with Crippen LogP contribution in [0.4, 0.5) is 0 Å². The Labute approximate surface area is 189 Å². The molecule has 32 heavy (non-hydrogen) atoms. The summed E-state index contributed by atoms with van der Waals surface area (Å²) in [4.78, 5) is 28.9. The molecule has 9 heteroatoms. The summed E-state index contributed by atoms with van der Waals surface area (Å²) in [6.07, 6.45) is 2.52. The van der Waals surface area contributed by atoms with Crippen molar-refractivity contribution < 1.29 is 28.5 Å². The number of carbonyl (C=O) groups is 2. The van der Waals surface area contributed by atoms with Gasteiger partial charge in [0.15, 0.2) is 23.0 Å². The van der Waals surface area contributed by atoms with E-state index >= 15 is 0 Å². The first-order valence-electron chi connectivity index (χ1n) is 10.3. The molecular formula is C23H21ClN2O6. The monoisotopic (exact) mass is 456 g/mol. The van der Waals surface area contributed by atoms with Gasteiger partial charge in [-0.1, -0.05) is 23.7 Å². The molecule has 3 heterocycles. The fourth-order valence-electron chi connectivity index (χ4n) is 3.85. The number of piperazine rings is 1. The molecule has 3 aliphatic heterocycles. The van der Waals surface area contributed by atoms with E-state index in [1.807, 2.05) is 18.2 Å². The second kappa shape index (κ2) is 8.63. The molecule has 1 saturated heterocycles. The fraction of sp³-hybridized carbons (Fsp3) is 0.304. The summed E-state index contributed by atoms with van der Waals surface area (Å²) in [5, 5.41) is 0.441. The lowest BCUT2D eigenvalue weighted by Gasteiger charge is -2.36. The van der Waals surface area contributed by atoms with Crippen molar-refractivity contribution in [3.63, 3.8) is 0 Å². The number of rotatable bonds is 3. The van der Waals surface area contributed by atoms with Crippen LogP contribution in [-0.4, -0.2) is 67.3 Å². The van der Waals surface area contributed by atoms with Crippen LogP contribution < -0.4 is 18.9 Å². The van der Waals surface area contributed by atoms with E-state index in [9.17, 15) is 9.59 Å². The molecule has 2 amide bonds. The molecule has 0 aromatic heterocycles. The maximum Gasteiger partial charge on any atom is 0.267 e. The van der Waals surface area contributed by atoms with E-state index in [0.717, 1.165) is 5.56 Å². The molecule has 8 nitrogen and oxygen atoms in total. The highest BCUT2D eigenvalue weighted by molar-refractivity contribution is 6.32. The smallest absolute Gasteiger partial charge is 0.267 e. The minimum Gasteiger partial charge on any atom is -0.485 e. The van der Waals surface area contributed by atoms with E-state index in [4.69, 9.17) is 30.5 Å². The Morgan fingerprint density at radius 1 is 0.938 bits per heavy atom. The van der Waals surface area contributed by atoms with Gasteiger partial charge < -0.3 is 28.7 Å². The third kappa shape index (κ3) is 4.05. The van der Waals surface area contributed by atoms with Crippen LogP contribution in [0.2, 0.25) is 5.02 Å². The van der Waals surface area contributed by atoms with Gasteiger partial charge in [-0.2, -0.15) is 0 Å². The Hall–Kier alpha value is -3.39. The summed E-state index contributed by atoms with van der Waals surface area (Å²) in [5.41, 5.74) is 0.746. The standard InChI is InChI=1S/C23H21ClN2O6/c24-16-11-15(12-19-22(16)31-14-30-19)5-6-21(27)25-7-9-26(10-8-25)23(28)20-13-29-17-3-1-2-4-18(17)32-20/h1-6,11-12,20H,7-10,13-14H2. The van der Waals surface area contributed by atoms with Crippen LogP contribution in [0.15, 0.2) is 42.5 Å². The molecule has 166 valence electrons. The summed E-state index contributed by atoms with van der Waals surface area (Å²) in [6, 6.07) is 10.8. The van der Waals surface area contributed by atoms with Crippen LogP contribution in [0.25, 0.3) is 6.08 Å². The second-order valence-corrected chi connectivity index (χ2v) is 7.99. The number of carbonyl (C=O) groups excluding carboxylic acids is 2. The van der Waals surface area contributed by atoms with Crippen molar-refractivity contribution in [2.24, 2.45) is 0 Å². The van der Waals surface area contributed by atoms with Crippen molar-refractivity contribution >= 4 is 29.5 Å². The Kier molecular flexibility index (Phi) is 5.53. The second-order valence-electron chi connectivity index (χ2n) is 7.58. The average molecular weight is 457 g/mol. The average Bonchev–Trinajstić information content (AvgIpc) is 3.31. The zero-order valence-electron chi connectivity index (χ0n) is 17.2. The lowest BCUT2D eigenvalue weighted by Crippen LogP contribution is -2.54. The first-order valence-corrected chi connectivity index (χ1v) is 10.7. The largest absolute Gasteiger partial charge is 0.485 e. The Balaban J connectivity index is 1.15. The number of para-hydroxylation sites is 2. The number of hydrogen-bond donors (Lipinski definition) is 0. The van der Waals surface area contributed by atoms with E-state index in [-0.39, 0.29) is 25.2 Å². The van der Waals surface area contributed by atoms with Gasteiger partial charge in [-0.15, -0.1) is 0 Å². The van der Waals surface area contributed by atoms with E-state index in [2.05, 4.69) is 0 Å². The summed E-state index contributed by atoms with van der Waals surface area (Å²) in [7, 11) is 0. The first-order chi connectivity index (χ1) is 15.6. The Bertz CT molecular complexity index is 1080. The summed E-state index contributed by atoms with van der Waals surface area (Å²) in [5.74, 6) is 2.04. The molecule has 0 spiro atoms. The lowest BCUT2D eigenvalue weighted by molar-refractivity contribution is -0.145. The van der Waals surface area contributed by atoms with E-state index < -0.39 is 6.10 Å². The minimum absolute atomic E-state index is 0.128. The van der Waals surface area contributed by atoms with Gasteiger partial charge >= 0.3 is 0 Å². The number of amides is 2. The number of fused-ring (bicyclic) bond motifs is 2. The molecule has 2 aromatic rings. The SMILES string of the molecule is O=C(C=Cc1cc(Cl)c2c(c1)OCO2)N1CCN(C(=O)C2COc3ccccc3O2)CC1. The van der Waals surface area contributed by atoms with Crippen molar-refractivity contribution in [2.75, 3.05) is 39.6 Å². The molecule has 1 atom stereocenters. The van der Waals surface area contributed by atoms with Gasteiger partial charge in [0.25, 0.3) is 5.91 Å². The third-order valence-corrected chi connectivity index (χ3v) is 5.84. The summed E-state index contributed by atoms with van der Waals surface area (Å²) in [6.45, 7) is 2.08. The molecule has 1 fully saturated rings. The van der Waals surface area contributed by atoms with Gasteiger partial charge in [0.05, 0.1) is 5.02 Å². The highest BCUT2D eigenvalue weighted by Gasteiger charge is 2.33. The molecule has 2 aromatic carbocycles. The van der Waals surface area contributed by atoms with Crippen molar-refractivity contribution in [3.8, 4) is 23.0 Å². The summed E-state index contributed by atoms with van der Waals surface area (Å²) >= 11 is 6.19.